The molecule has 1 fully saturated rings. The molecule has 2 aromatic carbocycles. The Bertz CT molecular complexity index is 1290. The molecule has 3 heterocycles. The molecule has 1 saturated heterocycles. The van der Waals surface area contributed by atoms with Crippen LogP contribution in [0.15, 0.2) is 79.0 Å². The van der Waals surface area contributed by atoms with Gasteiger partial charge in [0.1, 0.15) is 18.1 Å². The molecule has 0 saturated carbocycles. The maximum absolute atomic E-state index is 13.2. The molecule has 4 aromatic rings. The van der Waals surface area contributed by atoms with Gasteiger partial charge in [-0.05, 0) is 36.4 Å². The lowest BCUT2D eigenvalue weighted by atomic mass is 10.2. The lowest BCUT2D eigenvalue weighted by Crippen LogP contribution is -2.49. The van der Waals surface area contributed by atoms with E-state index in [9.17, 15) is 13.6 Å². The predicted octanol–water partition coefficient (Wildman–Crippen LogP) is 3.96. The highest BCUT2D eigenvalue weighted by Crippen LogP contribution is 2.25. The molecule has 0 aliphatic carbocycles. The van der Waals surface area contributed by atoms with E-state index in [1.54, 1.807) is 23.0 Å². The molecule has 2 aromatic heterocycles. The van der Waals surface area contributed by atoms with Crippen molar-refractivity contribution in [2.24, 2.45) is 0 Å². The van der Waals surface area contributed by atoms with Crippen LogP contribution in [0.5, 0.6) is 5.75 Å². The van der Waals surface area contributed by atoms with E-state index in [0.29, 0.717) is 43.4 Å². The van der Waals surface area contributed by atoms with Crippen LogP contribution in [0.3, 0.4) is 0 Å². The SMILES string of the molecule is O=C(Cn1nc(-c2ccccc2)nc1-c1ccc(OC(F)F)cc1)N1CCN(c2ccccn2)CC1. The van der Waals surface area contributed by atoms with Crippen LogP contribution in [0.25, 0.3) is 22.8 Å². The van der Waals surface area contributed by atoms with E-state index in [4.69, 9.17) is 0 Å². The number of hydrogen-bond acceptors (Lipinski definition) is 6. The van der Waals surface area contributed by atoms with E-state index < -0.39 is 6.61 Å². The lowest BCUT2D eigenvalue weighted by molar-refractivity contribution is -0.132. The van der Waals surface area contributed by atoms with Crippen molar-refractivity contribution < 1.29 is 18.3 Å². The number of carbonyl (C=O) groups is 1. The molecular weight excluding hydrogens is 466 g/mol. The van der Waals surface area contributed by atoms with Gasteiger partial charge in [0.25, 0.3) is 0 Å². The number of nitrogens with zero attached hydrogens (tertiary/aromatic N) is 6. The summed E-state index contributed by atoms with van der Waals surface area (Å²) in [4.78, 5) is 26.2. The average molecular weight is 491 g/mol. The normalized spacial score (nSPS) is 13.8. The van der Waals surface area contributed by atoms with E-state index >= 15 is 0 Å². The van der Waals surface area contributed by atoms with Crippen LogP contribution in [-0.2, 0) is 11.3 Å². The fourth-order valence-corrected chi connectivity index (χ4v) is 4.11. The van der Waals surface area contributed by atoms with Crippen LogP contribution in [0.1, 0.15) is 0 Å². The van der Waals surface area contributed by atoms with Gasteiger partial charge in [-0.3, -0.25) is 4.79 Å². The van der Waals surface area contributed by atoms with Crippen molar-refractivity contribution in [2.75, 3.05) is 31.1 Å². The summed E-state index contributed by atoms with van der Waals surface area (Å²) in [6.45, 7) is -0.370. The van der Waals surface area contributed by atoms with Gasteiger partial charge < -0.3 is 14.5 Å². The van der Waals surface area contributed by atoms with Gasteiger partial charge in [0.05, 0.1) is 0 Å². The van der Waals surface area contributed by atoms with Crippen LogP contribution in [0.2, 0.25) is 0 Å². The predicted molar refractivity (Wildman–Crippen MR) is 131 cm³/mol. The van der Waals surface area contributed by atoms with Gasteiger partial charge in [0, 0.05) is 43.5 Å². The van der Waals surface area contributed by atoms with Gasteiger partial charge in [-0.15, -0.1) is 5.10 Å². The molecule has 0 spiro atoms. The first-order valence-corrected chi connectivity index (χ1v) is 11.6. The standard InChI is InChI=1S/C26H24F2N6O2/c27-26(28)36-21-11-9-20(10-12-21)25-30-24(19-6-2-1-3-7-19)31-34(25)18-23(35)33-16-14-32(15-17-33)22-8-4-5-13-29-22/h1-13,26H,14-18H2. The third-order valence-electron chi connectivity index (χ3n) is 5.93. The van der Waals surface area contributed by atoms with E-state index in [1.807, 2.05) is 53.4 Å². The van der Waals surface area contributed by atoms with Gasteiger partial charge in [0.2, 0.25) is 5.91 Å². The first-order chi connectivity index (χ1) is 17.6. The van der Waals surface area contributed by atoms with E-state index in [-0.39, 0.29) is 18.2 Å². The highest BCUT2D eigenvalue weighted by atomic mass is 19.3. The molecule has 0 unspecified atom stereocenters. The third kappa shape index (κ3) is 5.32. The Morgan fingerprint density at radius 1 is 0.889 bits per heavy atom. The molecule has 0 atom stereocenters. The molecule has 0 N–H and O–H groups in total. The van der Waals surface area contributed by atoms with E-state index in [2.05, 4.69) is 24.7 Å². The Balaban J connectivity index is 1.35. The number of pyridine rings is 1. The number of alkyl halides is 2. The van der Waals surface area contributed by atoms with Crippen LogP contribution < -0.4 is 9.64 Å². The van der Waals surface area contributed by atoms with E-state index in [1.165, 1.54) is 12.1 Å². The Kier molecular flexibility index (Phi) is 6.83. The van der Waals surface area contributed by atoms with Crippen LogP contribution in [-0.4, -0.2) is 63.3 Å². The fourth-order valence-electron chi connectivity index (χ4n) is 4.11. The number of hydrogen-bond donors (Lipinski definition) is 0. The van der Waals surface area contributed by atoms with E-state index in [0.717, 1.165) is 11.4 Å². The minimum atomic E-state index is -2.90. The van der Waals surface area contributed by atoms with Crippen LogP contribution in [0.4, 0.5) is 14.6 Å². The topological polar surface area (TPSA) is 76.4 Å². The summed E-state index contributed by atoms with van der Waals surface area (Å²) >= 11 is 0. The monoisotopic (exact) mass is 490 g/mol. The van der Waals surface area contributed by atoms with Crippen LogP contribution >= 0.6 is 0 Å². The van der Waals surface area contributed by atoms with Gasteiger partial charge in [-0.2, -0.15) is 8.78 Å². The molecule has 10 heteroatoms. The van der Waals surface area contributed by atoms with Crippen LogP contribution in [0, 0.1) is 0 Å². The van der Waals surface area contributed by atoms with Crippen molar-refractivity contribution in [3.63, 3.8) is 0 Å². The van der Waals surface area contributed by atoms with Crippen molar-refractivity contribution in [1.29, 1.82) is 0 Å². The van der Waals surface area contributed by atoms with Crippen molar-refractivity contribution in [3.05, 3.63) is 79.0 Å². The minimum Gasteiger partial charge on any atom is -0.435 e. The number of piperazine rings is 1. The van der Waals surface area contributed by atoms with Crippen molar-refractivity contribution in [1.82, 2.24) is 24.6 Å². The van der Waals surface area contributed by atoms with Gasteiger partial charge in [-0.25, -0.2) is 14.6 Å². The zero-order valence-electron chi connectivity index (χ0n) is 19.4. The van der Waals surface area contributed by atoms with Crippen molar-refractivity contribution in [2.45, 2.75) is 13.2 Å². The van der Waals surface area contributed by atoms with Crippen molar-refractivity contribution in [3.8, 4) is 28.5 Å². The Hall–Kier alpha value is -4.34. The molecule has 184 valence electrons. The second-order valence-electron chi connectivity index (χ2n) is 8.24. The number of anilines is 1. The molecular formula is C26H24F2N6O2. The molecule has 36 heavy (non-hydrogen) atoms. The summed E-state index contributed by atoms with van der Waals surface area (Å²) in [6.07, 6.45) is 1.76. The molecule has 5 rings (SSSR count). The summed E-state index contributed by atoms with van der Waals surface area (Å²) in [6, 6.07) is 21.4. The summed E-state index contributed by atoms with van der Waals surface area (Å²) in [5.41, 5.74) is 1.45. The molecule has 1 aliphatic rings. The maximum atomic E-state index is 13.2. The summed E-state index contributed by atoms with van der Waals surface area (Å²) in [5, 5.41) is 4.61. The zero-order valence-corrected chi connectivity index (χ0v) is 19.4. The first-order valence-electron chi connectivity index (χ1n) is 11.6. The lowest BCUT2D eigenvalue weighted by Gasteiger charge is -2.35. The highest BCUT2D eigenvalue weighted by molar-refractivity contribution is 5.77. The number of aromatic nitrogens is 4. The highest BCUT2D eigenvalue weighted by Gasteiger charge is 2.24. The molecule has 1 aliphatic heterocycles. The van der Waals surface area contributed by atoms with Gasteiger partial charge in [0.15, 0.2) is 11.6 Å². The molecule has 1 amide bonds. The Labute approximate surface area is 206 Å². The first kappa shape index (κ1) is 23.4. The molecule has 0 bridgehead atoms. The second kappa shape index (κ2) is 10.5. The third-order valence-corrected chi connectivity index (χ3v) is 5.93. The number of rotatable bonds is 7. The number of benzene rings is 2. The van der Waals surface area contributed by atoms with Gasteiger partial charge in [-0.1, -0.05) is 36.4 Å². The maximum Gasteiger partial charge on any atom is 0.387 e. The zero-order chi connectivity index (χ0) is 24.9. The summed E-state index contributed by atoms with van der Waals surface area (Å²) < 4.78 is 31.1. The fraction of sp³-hybridized carbons (Fsp3) is 0.231. The number of halogens is 2. The average Bonchev–Trinajstić information content (AvgIpc) is 3.33. The van der Waals surface area contributed by atoms with Crippen molar-refractivity contribution >= 4 is 11.7 Å². The minimum absolute atomic E-state index is 0.00798. The number of amides is 1. The smallest absolute Gasteiger partial charge is 0.387 e. The number of ether oxygens (including phenoxy) is 1. The van der Waals surface area contributed by atoms with Gasteiger partial charge >= 0.3 is 6.61 Å². The second-order valence-corrected chi connectivity index (χ2v) is 8.24. The molecule has 8 nitrogen and oxygen atoms in total. The summed E-state index contributed by atoms with van der Waals surface area (Å²) in [7, 11) is 0. The molecule has 0 radical (unpaired) electrons. The quantitative estimate of drug-likeness (QED) is 0.390. The number of carbonyl (C=O) groups excluding carboxylic acids is 1. The Morgan fingerprint density at radius 3 is 2.28 bits per heavy atom. The summed E-state index contributed by atoms with van der Waals surface area (Å²) in [5.74, 6) is 1.82. The Morgan fingerprint density at radius 2 is 1.61 bits per heavy atom. The largest absolute Gasteiger partial charge is 0.435 e.